The minimum absolute atomic E-state index is 0.560. The maximum absolute atomic E-state index is 5.44. The lowest BCUT2D eigenvalue weighted by molar-refractivity contribution is 0.139. The predicted molar refractivity (Wildman–Crippen MR) is 124 cm³/mol. The van der Waals surface area contributed by atoms with Crippen molar-refractivity contribution < 1.29 is 9.47 Å². The third kappa shape index (κ3) is 9.78. The predicted octanol–water partition coefficient (Wildman–Crippen LogP) is 2.04. The van der Waals surface area contributed by atoms with Crippen LogP contribution in [0.1, 0.15) is 25.8 Å². The lowest BCUT2D eigenvalue weighted by atomic mass is 10.1. The molecule has 170 valence electrons. The van der Waals surface area contributed by atoms with Crippen molar-refractivity contribution in [1.29, 1.82) is 0 Å². The minimum atomic E-state index is 0.560. The Kier molecular flexibility index (Phi) is 11.6. The first-order valence-electron chi connectivity index (χ1n) is 11.2. The summed E-state index contributed by atoms with van der Waals surface area (Å²) in [6.45, 7) is 14.0. The van der Waals surface area contributed by atoms with E-state index in [1.807, 2.05) is 19.1 Å². The molecule has 7 heteroatoms. The Morgan fingerprint density at radius 2 is 1.87 bits per heavy atom. The number of aliphatic imine (C=N–C) groups is 1. The molecule has 0 saturated carbocycles. The fourth-order valence-electron chi connectivity index (χ4n) is 3.41. The number of methoxy groups -OCH3 is 1. The minimum Gasteiger partial charge on any atom is -0.497 e. The van der Waals surface area contributed by atoms with Crippen molar-refractivity contribution in [2.75, 3.05) is 73.2 Å². The zero-order chi connectivity index (χ0) is 21.6. The van der Waals surface area contributed by atoms with Crippen LogP contribution in [0, 0.1) is 5.92 Å². The molecule has 1 saturated heterocycles. The molecule has 0 aliphatic carbocycles. The summed E-state index contributed by atoms with van der Waals surface area (Å²) in [6.07, 6.45) is 0.966. The van der Waals surface area contributed by atoms with Gasteiger partial charge in [0.1, 0.15) is 5.75 Å². The Balaban J connectivity index is 1.82. The number of benzene rings is 1. The van der Waals surface area contributed by atoms with E-state index in [4.69, 9.17) is 14.5 Å². The lowest BCUT2D eigenvalue weighted by Crippen LogP contribution is -2.47. The van der Waals surface area contributed by atoms with Gasteiger partial charge in [0.25, 0.3) is 0 Å². The third-order valence-electron chi connectivity index (χ3n) is 5.32. The second kappa shape index (κ2) is 14.2. The van der Waals surface area contributed by atoms with E-state index in [9.17, 15) is 0 Å². The molecule has 30 heavy (non-hydrogen) atoms. The molecular weight excluding hydrogens is 378 g/mol. The summed E-state index contributed by atoms with van der Waals surface area (Å²) in [5.41, 5.74) is 1.16. The summed E-state index contributed by atoms with van der Waals surface area (Å²) in [5, 5.41) is 6.99. The molecule has 0 bridgehead atoms. The van der Waals surface area contributed by atoms with Crippen LogP contribution in [0.25, 0.3) is 0 Å². The first-order valence-corrected chi connectivity index (χ1v) is 11.2. The van der Waals surface area contributed by atoms with Gasteiger partial charge >= 0.3 is 0 Å². The summed E-state index contributed by atoms with van der Waals surface area (Å²) >= 11 is 0. The zero-order valence-electron chi connectivity index (χ0n) is 19.3. The van der Waals surface area contributed by atoms with Crippen molar-refractivity contribution in [2.45, 2.75) is 26.8 Å². The van der Waals surface area contributed by atoms with Gasteiger partial charge < -0.3 is 29.9 Å². The first-order chi connectivity index (χ1) is 14.6. The summed E-state index contributed by atoms with van der Waals surface area (Å²) < 4.78 is 10.7. The SMILES string of the molecule is CCOCCCNC(=NCc1ccc(OC)cc1)NCC(C)CN1CCN(C)CC1. The van der Waals surface area contributed by atoms with Gasteiger partial charge in [-0.25, -0.2) is 4.99 Å². The van der Waals surface area contributed by atoms with Gasteiger partial charge in [0.2, 0.25) is 0 Å². The van der Waals surface area contributed by atoms with Crippen LogP contribution in [-0.4, -0.2) is 88.9 Å². The van der Waals surface area contributed by atoms with E-state index < -0.39 is 0 Å². The van der Waals surface area contributed by atoms with Crippen LogP contribution in [-0.2, 0) is 11.3 Å². The highest BCUT2D eigenvalue weighted by molar-refractivity contribution is 5.79. The molecule has 7 nitrogen and oxygen atoms in total. The fourth-order valence-corrected chi connectivity index (χ4v) is 3.41. The number of piperazine rings is 1. The Bertz CT molecular complexity index is 600. The number of hydrogen-bond donors (Lipinski definition) is 2. The van der Waals surface area contributed by atoms with E-state index in [0.717, 1.165) is 82.7 Å². The van der Waals surface area contributed by atoms with Crippen LogP contribution in [0.5, 0.6) is 5.75 Å². The molecule has 1 fully saturated rings. The van der Waals surface area contributed by atoms with Crippen LogP contribution in [0.2, 0.25) is 0 Å². The van der Waals surface area contributed by atoms with Crippen LogP contribution in [0.4, 0.5) is 0 Å². The van der Waals surface area contributed by atoms with E-state index >= 15 is 0 Å². The summed E-state index contributed by atoms with van der Waals surface area (Å²) in [7, 11) is 3.88. The van der Waals surface area contributed by atoms with E-state index in [2.05, 4.69) is 46.5 Å². The standard InChI is InChI=1S/C23H41N5O2/c1-5-30-16-6-11-24-23(26-18-21-7-9-22(29-4)10-8-21)25-17-20(2)19-28-14-12-27(3)13-15-28/h7-10,20H,5-6,11-19H2,1-4H3,(H2,24,25,26). The quantitative estimate of drug-likeness (QED) is 0.307. The highest BCUT2D eigenvalue weighted by Crippen LogP contribution is 2.12. The Morgan fingerprint density at radius 3 is 2.53 bits per heavy atom. The summed E-state index contributed by atoms with van der Waals surface area (Å²) in [4.78, 5) is 9.75. The molecule has 0 amide bonds. The molecule has 1 atom stereocenters. The van der Waals surface area contributed by atoms with Crippen molar-refractivity contribution in [2.24, 2.45) is 10.9 Å². The number of nitrogens with zero attached hydrogens (tertiary/aromatic N) is 3. The molecule has 0 aromatic heterocycles. The van der Waals surface area contributed by atoms with Gasteiger partial charge in [0, 0.05) is 59.0 Å². The number of ether oxygens (including phenoxy) is 2. The Labute approximate surface area is 182 Å². The summed E-state index contributed by atoms with van der Waals surface area (Å²) in [5.74, 6) is 2.30. The van der Waals surface area contributed by atoms with Gasteiger partial charge in [-0.3, -0.25) is 0 Å². The van der Waals surface area contributed by atoms with Gasteiger partial charge in [0.05, 0.1) is 13.7 Å². The van der Waals surface area contributed by atoms with Crippen LogP contribution in [0.3, 0.4) is 0 Å². The molecule has 1 heterocycles. The highest BCUT2D eigenvalue weighted by atomic mass is 16.5. The van der Waals surface area contributed by atoms with Gasteiger partial charge in [-0.05, 0) is 44.0 Å². The van der Waals surface area contributed by atoms with Crippen molar-refractivity contribution in [3.05, 3.63) is 29.8 Å². The smallest absolute Gasteiger partial charge is 0.191 e. The van der Waals surface area contributed by atoms with Crippen molar-refractivity contribution in [1.82, 2.24) is 20.4 Å². The largest absolute Gasteiger partial charge is 0.497 e. The monoisotopic (exact) mass is 419 g/mol. The maximum atomic E-state index is 5.44. The second-order valence-corrected chi connectivity index (χ2v) is 8.08. The number of hydrogen-bond acceptors (Lipinski definition) is 5. The highest BCUT2D eigenvalue weighted by Gasteiger charge is 2.16. The molecule has 0 radical (unpaired) electrons. The maximum Gasteiger partial charge on any atom is 0.191 e. The van der Waals surface area contributed by atoms with Crippen LogP contribution < -0.4 is 15.4 Å². The topological polar surface area (TPSA) is 61.4 Å². The molecule has 0 spiro atoms. The van der Waals surface area contributed by atoms with Crippen LogP contribution in [0.15, 0.2) is 29.3 Å². The molecule has 2 rings (SSSR count). The number of rotatable bonds is 12. The van der Waals surface area contributed by atoms with Crippen molar-refractivity contribution >= 4 is 5.96 Å². The van der Waals surface area contributed by atoms with E-state index in [-0.39, 0.29) is 0 Å². The molecule has 1 aliphatic rings. The molecule has 1 unspecified atom stereocenters. The van der Waals surface area contributed by atoms with Crippen molar-refractivity contribution in [3.63, 3.8) is 0 Å². The van der Waals surface area contributed by atoms with Gasteiger partial charge in [0.15, 0.2) is 5.96 Å². The van der Waals surface area contributed by atoms with Gasteiger partial charge in [-0.15, -0.1) is 0 Å². The Hall–Kier alpha value is -1.83. The van der Waals surface area contributed by atoms with E-state index in [0.29, 0.717) is 12.5 Å². The molecule has 1 aromatic carbocycles. The second-order valence-electron chi connectivity index (χ2n) is 8.08. The lowest BCUT2D eigenvalue weighted by Gasteiger charge is -2.34. The normalized spacial score (nSPS) is 17.0. The third-order valence-corrected chi connectivity index (χ3v) is 5.32. The van der Waals surface area contributed by atoms with Gasteiger partial charge in [-0.2, -0.15) is 0 Å². The van der Waals surface area contributed by atoms with E-state index in [1.54, 1.807) is 7.11 Å². The van der Waals surface area contributed by atoms with E-state index in [1.165, 1.54) is 0 Å². The fraction of sp³-hybridized carbons (Fsp3) is 0.696. The summed E-state index contributed by atoms with van der Waals surface area (Å²) in [6, 6.07) is 8.08. The average molecular weight is 420 g/mol. The van der Waals surface area contributed by atoms with Crippen LogP contribution >= 0.6 is 0 Å². The Morgan fingerprint density at radius 1 is 1.13 bits per heavy atom. The molecular formula is C23H41N5O2. The molecule has 1 aliphatic heterocycles. The van der Waals surface area contributed by atoms with Crippen molar-refractivity contribution in [3.8, 4) is 5.75 Å². The zero-order valence-corrected chi connectivity index (χ0v) is 19.3. The average Bonchev–Trinajstić information content (AvgIpc) is 2.77. The molecule has 1 aromatic rings. The molecule has 2 N–H and O–H groups in total. The number of guanidine groups is 1. The number of nitrogens with one attached hydrogen (secondary N) is 2. The first kappa shape index (κ1) is 24.4. The van der Waals surface area contributed by atoms with Gasteiger partial charge in [-0.1, -0.05) is 19.1 Å². The number of likely N-dealkylation sites (N-methyl/N-ethyl adjacent to an activating group) is 1.